The number of carboxylic acids is 1. The van der Waals surface area contributed by atoms with Crippen LogP contribution in [0.2, 0.25) is 0 Å². The predicted molar refractivity (Wildman–Crippen MR) is 108 cm³/mol. The van der Waals surface area contributed by atoms with Gasteiger partial charge in [0.15, 0.2) is 5.65 Å². The largest absolute Gasteiger partial charge is 0.481 e. The van der Waals surface area contributed by atoms with Crippen molar-refractivity contribution >= 4 is 17.1 Å². The van der Waals surface area contributed by atoms with E-state index in [1.54, 1.807) is 0 Å². The molecule has 3 aromatic heterocycles. The van der Waals surface area contributed by atoms with Crippen LogP contribution in [0.25, 0.3) is 11.2 Å². The van der Waals surface area contributed by atoms with E-state index in [1.807, 2.05) is 25.3 Å². The topological polar surface area (TPSA) is 80.9 Å². The number of aryl methyl sites for hydroxylation is 3. The van der Waals surface area contributed by atoms with Gasteiger partial charge in [0.2, 0.25) is 0 Å². The maximum Gasteiger partial charge on any atom is 0.315 e. The Morgan fingerprint density at radius 3 is 2.57 bits per heavy atom. The quantitative estimate of drug-likeness (QED) is 0.727. The summed E-state index contributed by atoms with van der Waals surface area (Å²) in [5.74, 6) is 0.243. The standard InChI is InChI=1S/C22H26N4O2/c1-4-18-25-19-14(2)11-15(3)24-20(19)26(18)13-16-7-8-17(23-12-16)22(21(27)28)9-5-6-10-22/h7-8,11-12H,4-6,9-10,13H2,1-3H3,(H,27,28). The molecule has 1 N–H and O–H groups in total. The Morgan fingerprint density at radius 2 is 1.96 bits per heavy atom. The first kappa shape index (κ1) is 18.6. The minimum absolute atomic E-state index is 0.628. The van der Waals surface area contributed by atoms with Crippen molar-refractivity contribution in [1.29, 1.82) is 0 Å². The van der Waals surface area contributed by atoms with Crippen molar-refractivity contribution in [2.24, 2.45) is 0 Å². The first-order valence-corrected chi connectivity index (χ1v) is 9.97. The Morgan fingerprint density at radius 1 is 1.21 bits per heavy atom. The lowest BCUT2D eigenvalue weighted by Crippen LogP contribution is -2.33. The minimum Gasteiger partial charge on any atom is -0.481 e. The maximum atomic E-state index is 11.9. The molecule has 6 heteroatoms. The number of aromatic nitrogens is 4. The summed E-state index contributed by atoms with van der Waals surface area (Å²) in [7, 11) is 0. The van der Waals surface area contributed by atoms with Crippen LogP contribution in [0, 0.1) is 13.8 Å². The van der Waals surface area contributed by atoms with E-state index in [4.69, 9.17) is 9.97 Å². The molecule has 0 saturated heterocycles. The molecule has 0 amide bonds. The predicted octanol–water partition coefficient (Wildman–Crippen LogP) is 3.95. The average Bonchev–Trinajstić information content (AvgIpc) is 3.29. The number of aliphatic carboxylic acids is 1. The normalized spacial score (nSPS) is 16.0. The van der Waals surface area contributed by atoms with Crippen LogP contribution in [0.5, 0.6) is 0 Å². The van der Waals surface area contributed by atoms with Gasteiger partial charge in [-0.15, -0.1) is 0 Å². The summed E-state index contributed by atoms with van der Waals surface area (Å²) in [5, 5.41) is 9.77. The van der Waals surface area contributed by atoms with Crippen molar-refractivity contribution in [1.82, 2.24) is 19.5 Å². The van der Waals surface area contributed by atoms with Gasteiger partial charge >= 0.3 is 5.97 Å². The number of carboxylic acid groups (broad SMARTS) is 1. The number of hydrogen-bond donors (Lipinski definition) is 1. The fourth-order valence-corrected chi connectivity index (χ4v) is 4.43. The van der Waals surface area contributed by atoms with Gasteiger partial charge in [-0.1, -0.05) is 25.8 Å². The van der Waals surface area contributed by atoms with Gasteiger partial charge in [-0.2, -0.15) is 0 Å². The number of hydrogen-bond acceptors (Lipinski definition) is 4. The van der Waals surface area contributed by atoms with E-state index >= 15 is 0 Å². The number of fused-ring (bicyclic) bond motifs is 1. The van der Waals surface area contributed by atoms with Crippen LogP contribution >= 0.6 is 0 Å². The number of nitrogens with zero attached hydrogens (tertiary/aromatic N) is 4. The van der Waals surface area contributed by atoms with Crippen LogP contribution in [-0.2, 0) is 23.2 Å². The molecule has 0 bridgehead atoms. The fraction of sp³-hybridized carbons (Fsp3) is 0.455. The third-order valence-electron chi connectivity index (χ3n) is 5.94. The number of imidazole rings is 1. The van der Waals surface area contributed by atoms with Crippen molar-refractivity contribution in [3.05, 3.63) is 52.7 Å². The Hall–Kier alpha value is -2.76. The van der Waals surface area contributed by atoms with Gasteiger partial charge in [-0.05, 0) is 49.9 Å². The summed E-state index contributed by atoms with van der Waals surface area (Å²) >= 11 is 0. The fourth-order valence-electron chi connectivity index (χ4n) is 4.43. The van der Waals surface area contributed by atoms with Crippen molar-refractivity contribution in [2.75, 3.05) is 0 Å². The zero-order valence-electron chi connectivity index (χ0n) is 16.7. The second-order valence-corrected chi connectivity index (χ2v) is 7.87. The lowest BCUT2D eigenvalue weighted by Gasteiger charge is -2.23. The van der Waals surface area contributed by atoms with Gasteiger partial charge in [-0.25, -0.2) is 9.97 Å². The second kappa shape index (κ2) is 7.00. The zero-order valence-corrected chi connectivity index (χ0v) is 16.7. The molecule has 0 aromatic carbocycles. The summed E-state index contributed by atoms with van der Waals surface area (Å²) in [6.45, 7) is 6.79. The Balaban J connectivity index is 1.70. The average molecular weight is 378 g/mol. The highest BCUT2D eigenvalue weighted by Gasteiger charge is 2.44. The molecule has 28 heavy (non-hydrogen) atoms. The van der Waals surface area contributed by atoms with Gasteiger partial charge in [0.05, 0.1) is 12.2 Å². The zero-order chi connectivity index (χ0) is 19.9. The van der Waals surface area contributed by atoms with E-state index in [-0.39, 0.29) is 0 Å². The molecule has 0 radical (unpaired) electrons. The Kier molecular flexibility index (Phi) is 4.65. The van der Waals surface area contributed by atoms with Gasteiger partial charge in [-0.3, -0.25) is 9.78 Å². The van der Waals surface area contributed by atoms with E-state index in [1.165, 1.54) is 0 Å². The highest BCUT2D eigenvalue weighted by molar-refractivity contribution is 5.81. The van der Waals surface area contributed by atoms with E-state index in [9.17, 15) is 9.90 Å². The molecular weight excluding hydrogens is 352 g/mol. The molecule has 1 saturated carbocycles. The van der Waals surface area contributed by atoms with E-state index < -0.39 is 11.4 Å². The third kappa shape index (κ3) is 2.97. The maximum absolute atomic E-state index is 11.9. The summed E-state index contributed by atoms with van der Waals surface area (Å²) in [5.41, 5.74) is 4.85. The summed E-state index contributed by atoms with van der Waals surface area (Å²) in [6, 6.07) is 5.95. The van der Waals surface area contributed by atoms with Gasteiger partial charge in [0.1, 0.15) is 16.8 Å². The van der Waals surface area contributed by atoms with Crippen LogP contribution in [0.4, 0.5) is 0 Å². The highest BCUT2D eigenvalue weighted by Crippen LogP contribution is 2.40. The number of carbonyl (C=O) groups is 1. The number of rotatable bonds is 5. The molecule has 3 heterocycles. The molecule has 3 aromatic rings. The molecule has 6 nitrogen and oxygen atoms in total. The summed E-state index contributed by atoms with van der Waals surface area (Å²) < 4.78 is 2.15. The minimum atomic E-state index is -0.815. The molecule has 4 rings (SSSR count). The second-order valence-electron chi connectivity index (χ2n) is 7.87. The van der Waals surface area contributed by atoms with Crippen LogP contribution in [0.15, 0.2) is 24.4 Å². The molecule has 0 unspecified atom stereocenters. The molecule has 1 fully saturated rings. The van der Waals surface area contributed by atoms with Gasteiger partial charge in [0, 0.05) is 18.3 Å². The molecule has 0 spiro atoms. The van der Waals surface area contributed by atoms with E-state index in [0.29, 0.717) is 25.1 Å². The van der Waals surface area contributed by atoms with Crippen LogP contribution in [0.1, 0.15) is 60.9 Å². The summed E-state index contributed by atoms with van der Waals surface area (Å²) in [4.78, 5) is 26.0. The monoisotopic (exact) mass is 378 g/mol. The van der Waals surface area contributed by atoms with Crippen LogP contribution in [0.3, 0.4) is 0 Å². The highest BCUT2D eigenvalue weighted by atomic mass is 16.4. The van der Waals surface area contributed by atoms with E-state index in [2.05, 4.69) is 29.5 Å². The lowest BCUT2D eigenvalue weighted by atomic mass is 9.82. The lowest BCUT2D eigenvalue weighted by molar-refractivity contribution is -0.143. The SMILES string of the molecule is CCc1nc2c(C)cc(C)nc2n1Cc1ccc(C2(C(=O)O)CCCC2)nc1. The molecule has 1 aliphatic rings. The Labute approximate surface area is 164 Å². The van der Waals surface area contributed by atoms with Gasteiger partial charge in [0.25, 0.3) is 0 Å². The Bertz CT molecular complexity index is 1030. The molecule has 0 atom stereocenters. The van der Waals surface area contributed by atoms with Crippen molar-refractivity contribution in [2.45, 2.75) is 64.8 Å². The third-order valence-corrected chi connectivity index (χ3v) is 5.94. The van der Waals surface area contributed by atoms with Crippen LogP contribution < -0.4 is 0 Å². The first-order valence-electron chi connectivity index (χ1n) is 9.97. The molecule has 146 valence electrons. The van der Waals surface area contributed by atoms with Crippen molar-refractivity contribution < 1.29 is 9.90 Å². The molecular formula is C22H26N4O2. The first-order chi connectivity index (χ1) is 13.4. The summed E-state index contributed by atoms with van der Waals surface area (Å²) in [6.07, 6.45) is 5.86. The number of pyridine rings is 2. The van der Waals surface area contributed by atoms with Crippen molar-refractivity contribution in [3.8, 4) is 0 Å². The molecule has 1 aliphatic carbocycles. The van der Waals surface area contributed by atoms with E-state index in [0.717, 1.165) is 53.1 Å². The van der Waals surface area contributed by atoms with Gasteiger partial charge < -0.3 is 9.67 Å². The van der Waals surface area contributed by atoms with Crippen molar-refractivity contribution in [3.63, 3.8) is 0 Å². The smallest absolute Gasteiger partial charge is 0.315 e. The van der Waals surface area contributed by atoms with Crippen LogP contribution in [-0.4, -0.2) is 30.6 Å². The molecule has 0 aliphatic heterocycles.